The van der Waals surface area contributed by atoms with E-state index in [-0.39, 0.29) is 70.6 Å². The average Bonchev–Trinajstić information content (AvgIpc) is 3.67. The van der Waals surface area contributed by atoms with Crippen LogP contribution in [0.5, 0.6) is 5.75 Å². The summed E-state index contributed by atoms with van der Waals surface area (Å²) in [5.41, 5.74) is 5.90. The van der Waals surface area contributed by atoms with Gasteiger partial charge in [0.05, 0.1) is 11.5 Å². The summed E-state index contributed by atoms with van der Waals surface area (Å²) in [4.78, 5) is 79.0. The van der Waals surface area contributed by atoms with Crippen molar-refractivity contribution < 1.29 is 38.2 Å². The highest BCUT2D eigenvalue weighted by molar-refractivity contribution is 7.96. The van der Waals surface area contributed by atoms with Crippen LogP contribution in [0.15, 0.2) is 78.9 Å². The third kappa shape index (κ3) is 11.1. The standard InChI is InChI=1S/C52H57ClN6O8S2/c1-5-66-50(64)48-46(67-26-25-60)45(53)47(69-48)34-10-7-13-37(28-34)54-38-21-24-59(52(2,3)29-38)68-31-32-9-6-12-36(27-32)55-51(65)58-22-19-33(20-23-58)39-15-16-41(44-35(30-61)11-8-14-40(39)44)57(4)42-17-18-43(62)56-49(42)63/h6-16,25,27-28,30,33,38,42,54H,5,17-24,26,29,31H2,1-4H3,(H,55,65)(H,56,62,63). The summed E-state index contributed by atoms with van der Waals surface area (Å²) < 4.78 is 13.2. The van der Waals surface area contributed by atoms with Crippen LogP contribution < -0.4 is 25.6 Å². The molecule has 2 atom stereocenters. The number of aldehydes is 2. The van der Waals surface area contributed by atoms with Crippen LogP contribution in [0.1, 0.15) is 96.4 Å². The molecule has 0 bridgehead atoms. The Balaban J connectivity index is 0.845. The van der Waals surface area contributed by atoms with Gasteiger partial charge in [-0.1, -0.05) is 72.1 Å². The van der Waals surface area contributed by atoms with Crippen molar-refractivity contribution >= 4 is 99.1 Å². The fourth-order valence-electron chi connectivity index (χ4n) is 9.78. The number of carbonyl (C=O) groups is 6. The molecule has 1 aromatic heterocycles. The Bertz CT molecular complexity index is 2760. The number of carbonyl (C=O) groups excluding carboxylic acids is 6. The molecule has 4 heterocycles. The van der Waals surface area contributed by atoms with E-state index in [1.165, 1.54) is 11.3 Å². The second-order valence-electron chi connectivity index (χ2n) is 18.2. The Morgan fingerprint density at radius 2 is 1.74 bits per heavy atom. The molecular formula is C52H57ClN6O8S2. The number of nitrogens with zero attached hydrogens (tertiary/aromatic N) is 3. The lowest BCUT2D eigenvalue weighted by Gasteiger charge is -2.45. The summed E-state index contributed by atoms with van der Waals surface area (Å²) in [5.74, 6) is -0.0935. The van der Waals surface area contributed by atoms with Gasteiger partial charge in [0.15, 0.2) is 23.2 Å². The number of halogens is 1. The highest BCUT2D eigenvalue weighted by Crippen LogP contribution is 2.47. The van der Waals surface area contributed by atoms with Crippen molar-refractivity contribution in [2.45, 2.75) is 88.6 Å². The summed E-state index contributed by atoms with van der Waals surface area (Å²) in [6.45, 7) is 8.23. The molecule has 3 aliphatic rings. The molecule has 17 heteroatoms. The number of hydrogen-bond acceptors (Lipinski definition) is 13. The number of amides is 4. The number of fused-ring (bicyclic) bond motifs is 1. The van der Waals surface area contributed by atoms with E-state index in [0.29, 0.717) is 36.2 Å². The molecule has 2 unspecified atom stereocenters. The largest absolute Gasteiger partial charge is 0.483 e. The first-order valence-electron chi connectivity index (χ1n) is 23.3. The third-order valence-corrected chi connectivity index (χ3v) is 16.3. The molecule has 4 amide bonds. The molecule has 4 aromatic carbocycles. The Labute approximate surface area is 415 Å². The Morgan fingerprint density at radius 3 is 2.48 bits per heavy atom. The molecular weight excluding hydrogens is 936 g/mol. The molecule has 0 aliphatic carbocycles. The molecule has 0 radical (unpaired) electrons. The number of anilines is 3. The number of rotatable bonds is 16. The van der Waals surface area contributed by atoms with Gasteiger partial charge >= 0.3 is 12.0 Å². The minimum Gasteiger partial charge on any atom is -0.483 e. The number of thiophene rings is 1. The molecule has 3 saturated heterocycles. The lowest BCUT2D eigenvalue weighted by atomic mass is 9.85. The lowest BCUT2D eigenvalue weighted by Crippen LogP contribution is -2.51. The van der Waals surface area contributed by atoms with Crippen LogP contribution in [-0.2, 0) is 24.9 Å². The van der Waals surface area contributed by atoms with Gasteiger partial charge in [-0.2, -0.15) is 0 Å². The smallest absolute Gasteiger partial charge is 0.352 e. The summed E-state index contributed by atoms with van der Waals surface area (Å²) in [5, 5.41) is 11.3. The van der Waals surface area contributed by atoms with Crippen molar-refractivity contribution in [3.05, 3.63) is 105 Å². The van der Waals surface area contributed by atoms with Gasteiger partial charge in [0.2, 0.25) is 11.8 Å². The molecule has 8 rings (SSSR count). The van der Waals surface area contributed by atoms with E-state index < -0.39 is 12.0 Å². The zero-order valence-corrected chi connectivity index (χ0v) is 41.6. The summed E-state index contributed by atoms with van der Waals surface area (Å²) in [7, 11) is 1.83. The zero-order valence-electron chi connectivity index (χ0n) is 39.2. The van der Waals surface area contributed by atoms with E-state index in [2.05, 4.69) is 46.2 Å². The number of hydrogen-bond donors (Lipinski definition) is 3. The van der Waals surface area contributed by atoms with E-state index in [9.17, 15) is 28.8 Å². The van der Waals surface area contributed by atoms with Gasteiger partial charge in [0.25, 0.3) is 0 Å². The van der Waals surface area contributed by atoms with E-state index in [1.54, 1.807) is 24.9 Å². The van der Waals surface area contributed by atoms with Crippen molar-refractivity contribution in [2.75, 3.05) is 55.4 Å². The second kappa shape index (κ2) is 21.8. The maximum Gasteiger partial charge on any atom is 0.352 e. The molecule has 3 aliphatic heterocycles. The lowest BCUT2D eigenvalue weighted by molar-refractivity contribution is -0.134. The maximum absolute atomic E-state index is 13.6. The van der Waals surface area contributed by atoms with E-state index in [1.807, 2.05) is 77.5 Å². The number of esters is 1. The fourth-order valence-corrected chi connectivity index (χ4v) is 12.4. The van der Waals surface area contributed by atoms with Crippen molar-refractivity contribution in [1.29, 1.82) is 0 Å². The van der Waals surface area contributed by atoms with Crippen LogP contribution in [-0.4, -0.2) is 103 Å². The third-order valence-electron chi connectivity index (χ3n) is 13.2. The monoisotopic (exact) mass is 992 g/mol. The van der Waals surface area contributed by atoms with Gasteiger partial charge in [-0.05, 0) is 111 Å². The molecule has 14 nitrogen and oxygen atoms in total. The quantitative estimate of drug-likeness (QED) is 0.0371. The molecule has 0 saturated carbocycles. The Morgan fingerprint density at radius 1 is 0.971 bits per heavy atom. The van der Waals surface area contributed by atoms with Crippen LogP contribution >= 0.6 is 34.9 Å². The molecule has 362 valence electrons. The van der Waals surface area contributed by atoms with Crippen molar-refractivity contribution in [1.82, 2.24) is 14.5 Å². The number of piperidine rings is 3. The molecule has 3 fully saturated rings. The summed E-state index contributed by atoms with van der Waals surface area (Å²) in [6.07, 6.45) is 5.45. The molecule has 3 N–H and O–H groups in total. The number of likely N-dealkylation sites (tertiary alicyclic amines) is 1. The first kappa shape index (κ1) is 49.5. The number of urea groups is 1. The average molecular weight is 994 g/mol. The predicted octanol–water partition coefficient (Wildman–Crippen LogP) is 9.94. The SMILES string of the molecule is CCOC(=O)c1sc(-c2cccc(NC3CCN(SCc4cccc(NC(=O)N5CCC(c6ccc(N(C)C7CCC(=O)NC7=O)c7c(C=O)cccc67)CC5)c4)C(C)(C)C3)c2)c(Cl)c1OCC=O. The number of likely N-dealkylation sites (N-methyl/N-ethyl adjacent to an activating group) is 1. The van der Waals surface area contributed by atoms with Crippen molar-refractivity contribution in [2.24, 2.45) is 0 Å². The maximum atomic E-state index is 13.6. The molecule has 69 heavy (non-hydrogen) atoms. The minimum atomic E-state index is -0.548. The van der Waals surface area contributed by atoms with Crippen LogP contribution in [0.25, 0.3) is 21.2 Å². The van der Waals surface area contributed by atoms with Gasteiger partial charge < -0.3 is 29.9 Å². The summed E-state index contributed by atoms with van der Waals surface area (Å²) >= 11 is 9.72. The van der Waals surface area contributed by atoms with Crippen molar-refractivity contribution in [3.8, 4) is 16.2 Å². The minimum absolute atomic E-state index is 0.121. The topological polar surface area (TPSA) is 167 Å². The number of imide groups is 1. The Kier molecular flexibility index (Phi) is 15.6. The number of ether oxygens (including phenoxy) is 2. The first-order chi connectivity index (χ1) is 33.3. The normalized spacial score (nSPS) is 18.6. The molecule has 0 spiro atoms. The van der Waals surface area contributed by atoms with Crippen LogP contribution in [0.3, 0.4) is 0 Å². The van der Waals surface area contributed by atoms with Gasteiger partial charge in [-0.15, -0.1) is 11.3 Å². The molecule has 5 aromatic rings. The fraction of sp³-hybridized carbons (Fsp3) is 0.385. The van der Waals surface area contributed by atoms with E-state index in [4.69, 9.17) is 21.1 Å². The second-order valence-corrected chi connectivity index (χ2v) is 20.6. The summed E-state index contributed by atoms with van der Waals surface area (Å²) in [6, 6.07) is 25.2. The first-order valence-corrected chi connectivity index (χ1v) is 25.5. The van der Waals surface area contributed by atoms with E-state index >= 15 is 0 Å². The van der Waals surface area contributed by atoms with Gasteiger partial charge in [0, 0.05) is 78.4 Å². The van der Waals surface area contributed by atoms with E-state index in [0.717, 1.165) is 88.8 Å². The number of benzene rings is 4. The van der Waals surface area contributed by atoms with Crippen molar-refractivity contribution in [3.63, 3.8) is 0 Å². The van der Waals surface area contributed by atoms with Gasteiger partial charge in [0.1, 0.15) is 17.7 Å². The van der Waals surface area contributed by atoms with Gasteiger partial charge in [-0.25, -0.2) is 13.9 Å². The highest BCUT2D eigenvalue weighted by atomic mass is 35.5. The van der Waals surface area contributed by atoms with Crippen LogP contribution in [0, 0.1) is 0 Å². The number of nitrogens with one attached hydrogen (secondary N) is 3. The Hall–Kier alpha value is -5.94. The van der Waals surface area contributed by atoms with Gasteiger partial charge in [-0.3, -0.25) is 24.5 Å². The highest BCUT2D eigenvalue weighted by Gasteiger charge is 2.36. The van der Waals surface area contributed by atoms with Crippen LogP contribution in [0.2, 0.25) is 5.02 Å². The van der Waals surface area contributed by atoms with Crippen LogP contribution in [0.4, 0.5) is 21.9 Å². The zero-order chi connectivity index (χ0) is 48.8. The predicted molar refractivity (Wildman–Crippen MR) is 274 cm³/mol.